The van der Waals surface area contributed by atoms with Crippen LogP contribution in [0.4, 0.5) is 0 Å². The molecule has 1 saturated heterocycles. The monoisotopic (exact) mass is 473 g/mol. The van der Waals surface area contributed by atoms with Crippen molar-refractivity contribution in [3.05, 3.63) is 83.7 Å². The van der Waals surface area contributed by atoms with Crippen LogP contribution in [-0.2, 0) is 16.1 Å². The lowest BCUT2D eigenvalue weighted by Crippen LogP contribution is -2.53. The zero-order valence-electron chi connectivity index (χ0n) is 19.7. The second-order valence-electron chi connectivity index (χ2n) is 8.83. The molecule has 6 N–H and O–H groups in total. The smallest absolute Gasteiger partial charge is 0.242 e. The van der Waals surface area contributed by atoms with E-state index in [0.717, 1.165) is 24.2 Å². The van der Waals surface area contributed by atoms with Crippen molar-refractivity contribution in [2.24, 2.45) is 5.73 Å². The predicted octanol–water partition coefficient (Wildman–Crippen LogP) is 1.81. The summed E-state index contributed by atoms with van der Waals surface area (Å²) in [5.74, 6) is -0.189. The average Bonchev–Trinajstić information content (AvgIpc) is 3.43. The summed E-state index contributed by atoms with van der Waals surface area (Å²) in [5, 5.41) is 20.7. The SMILES string of the molecule is C[C@H](NC(=O)[C@H]1C[C@@H](c2cccc(-n3cccn3)c2)CCN1)C(=O)NCc1ccc(C(=N)N)cc1. The van der Waals surface area contributed by atoms with Gasteiger partial charge in [-0.15, -0.1) is 0 Å². The molecule has 0 aliphatic carbocycles. The number of hydrogen-bond acceptors (Lipinski definition) is 5. The fourth-order valence-corrected chi connectivity index (χ4v) is 4.29. The maximum absolute atomic E-state index is 12.9. The first kappa shape index (κ1) is 24.2. The highest BCUT2D eigenvalue weighted by Crippen LogP contribution is 2.29. The Bertz CT molecular complexity index is 1170. The van der Waals surface area contributed by atoms with E-state index >= 15 is 0 Å². The number of amidine groups is 1. The van der Waals surface area contributed by atoms with Gasteiger partial charge in [0.1, 0.15) is 11.9 Å². The molecule has 35 heavy (non-hydrogen) atoms. The highest BCUT2D eigenvalue weighted by molar-refractivity contribution is 5.95. The maximum Gasteiger partial charge on any atom is 0.242 e. The van der Waals surface area contributed by atoms with Crippen molar-refractivity contribution in [1.29, 1.82) is 5.41 Å². The minimum atomic E-state index is -0.663. The van der Waals surface area contributed by atoms with Gasteiger partial charge in [0.15, 0.2) is 0 Å². The van der Waals surface area contributed by atoms with Gasteiger partial charge >= 0.3 is 0 Å². The van der Waals surface area contributed by atoms with Crippen LogP contribution in [0.3, 0.4) is 0 Å². The van der Waals surface area contributed by atoms with Gasteiger partial charge in [0.05, 0.1) is 11.7 Å². The Labute approximate surface area is 204 Å². The van der Waals surface area contributed by atoms with Gasteiger partial charge in [-0.05, 0) is 61.6 Å². The van der Waals surface area contributed by atoms with E-state index in [-0.39, 0.29) is 29.6 Å². The third-order valence-electron chi connectivity index (χ3n) is 6.31. The van der Waals surface area contributed by atoms with Crippen LogP contribution in [0, 0.1) is 5.41 Å². The summed E-state index contributed by atoms with van der Waals surface area (Å²) < 4.78 is 1.83. The number of nitrogens with one attached hydrogen (secondary N) is 4. The molecule has 1 aliphatic rings. The molecule has 9 nitrogen and oxygen atoms in total. The van der Waals surface area contributed by atoms with Gasteiger partial charge in [-0.25, -0.2) is 4.68 Å². The summed E-state index contributed by atoms with van der Waals surface area (Å²) in [6, 6.07) is 16.2. The minimum absolute atomic E-state index is 0.00101. The van der Waals surface area contributed by atoms with E-state index in [1.807, 2.05) is 41.2 Å². The summed E-state index contributed by atoms with van der Waals surface area (Å²) in [7, 11) is 0. The minimum Gasteiger partial charge on any atom is -0.384 e. The summed E-state index contributed by atoms with van der Waals surface area (Å²) in [5.41, 5.74) is 9.16. The second kappa shape index (κ2) is 11.0. The van der Waals surface area contributed by atoms with E-state index in [2.05, 4.69) is 33.2 Å². The van der Waals surface area contributed by atoms with Gasteiger partial charge in [0, 0.05) is 24.5 Å². The molecular formula is C26H31N7O2. The number of carbonyl (C=O) groups excluding carboxylic acids is 2. The van der Waals surface area contributed by atoms with Gasteiger partial charge in [0.2, 0.25) is 11.8 Å². The zero-order chi connectivity index (χ0) is 24.8. The van der Waals surface area contributed by atoms with Gasteiger partial charge in [-0.2, -0.15) is 5.10 Å². The number of carbonyl (C=O) groups is 2. The molecule has 4 rings (SSSR count). The number of amides is 2. The normalized spacial score (nSPS) is 18.4. The Morgan fingerprint density at radius 3 is 2.74 bits per heavy atom. The lowest BCUT2D eigenvalue weighted by atomic mass is 9.86. The quantitative estimate of drug-likeness (QED) is 0.251. The summed E-state index contributed by atoms with van der Waals surface area (Å²) in [4.78, 5) is 25.5. The largest absolute Gasteiger partial charge is 0.384 e. The van der Waals surface area contributed by atoms with E-state index in [0.29, 0.717) is 18.5 Å². The molecular weight excluding hydrogens is 442 g/mol. The van der Waals surface area contributed by atoms with E-state index in [4.69, 9.17) is 11.1 Å². The van der Waals surface area contributed by atoms with Crippen LogP contribution in [-0.4, -0.2) is 46.1 Å². The number of nitrogen functional groups attached to an aromatic ring is 1. The van der Waals surface area contributed by atoms with E-state index < -0.39 is 6.04 Å². The molecule has 3 aromatic rings. The fourth-order valence-electron chi connectivity index (χ4n) is 4.29. The number of nitrogens with zero attached hydrogens (tertiary/aromatic N) is 2. The zero-order valence-corrected chi connectivity index (χ0v) is 19.7. The summed E-state index contributed by atoms with van der Waals surface area (Å²) >= 11 is 0. The van der Waals surface area contributed by atoms with Crippen LogP contribution in [0.25, 0.3) is 5.69 Å². The standard InChI is InChI=1S/C26H31N7O2/c1-17(25(34)30-16-18-6-8-19(9-7-18)24(27)28)32-26(35)23-15-21(10-12-29-23)20-4-2-5-22(14-20)33-13-3-11-31-33/h2-9,11,13-14,17,21,23,29H,10,12,15-16H2,1H3,(H3,27,28)(H,30,34)(H,32,35)/t17-,21-,23+/m0/s1. The number of piperidine rings is 1. The third kappa shape index (κ3) is 6.13. The van der Waals surface area contributed by atoms with E-state index in [9.17, 15) is 9.59 Å². The molecule has 0 spiro atoms. The van der Waals surface area contributed by atoms with Crippen molar-refractivity contribution in [3.8, 4) is 5.69 Å². The van der Waals surface area contributed by atoms with Crippen molar-refractivity contribution >= 4 is 17.6 Å². The molecule has 0 unspecified atom stereocenters. The molecule has 1 fully saturated rings. The fraction of sp³-hybridized carbons (Fsp3) is 0.308. The third-order valence-corrected chi connectivity index (χ3v) is 6.31. The molecule has 0 bridgehead atoms. The molecule has 2 heterocycles. The van der Waals surface area contributed by atoms with Gasteiger partial charge in [-0.1, -0.05) is 36.4 Å². The summed E-state index contributed by atoms with van der Waals surface area (Å²) in [6.45, 7) is 2.74. The molecule has 2 amide bonds. The maximum atomic E-state index is 12.9. The number of aromatic nitrogens is 2. The van der Waals surface area contributed by atoms with E-state index in [1.165, 1.54) is 5.56 Å². The molecule has 182 valence electrons. The van der Waals surface area contributed by atoms with Crippen molar-refractivity contribution in [2.75, 3.05) is 6.54 Å². The number of hydrogen-bond donors (Lipinski definition) is 5. The van der Waals surface area contributed by atoms with Crippen molar-refractivity contribution in [3.63, 3.8) is 0 Å². The molecule has 2 aromatic carbocycles. The highest BCUT2D eigenvalue weighted by Gasteiger charge is 2.29. The second-order valence-corrected chi connectivity index (χ2v) is 8.83. The summed E-state index contributed by atoms with van der Waals surface area (Å²) in [6.07, 6.45) is 5.25. The topological polar surface area (TPSA) is 138 Å². The molecule has 0 radical (unpaired) electrons. The molecule has 0 saturated carbocycles. The average molecular weight is 474 g/mol. The Hall–Kier alpha value is -3.98. The molecule has 9 heteroatoms. The Kier molecular flexibility index (Phi) is 7.57. The van der Waals surface area contributed by atoms with Crippen LogP contribution < -0.4 is 21.7 Å². The highest BCUT2D eigenvalue weighted by atomic mass is 16.2. The van der Waals surface area contributed by atoms with Gasteiger partial charge in [0.25, 0.3) is 0 Å². The first-order valence-corrected chi connectivity index (χ1v) is 11.8. The van der Waals surface area contributed by atoms with Crippen LogP contribution in [0.5, 0.6) is 0 Å². The Balaban J connectivity index is 1.30. The molecule has 3 atom stereocenters. The first-order valence-electron chi connectivity index (χ1n) is 11.8. The lowest BCUT2D eigenvalue weighted by Gasteiger charge is -2.30. The molecule has 1 aromatic heterocycles. The van der Waals surface area contributed by atoms with Crippen LogP contribution >= 0.6 is 0 Å². The van der Waals surface area contributed by atoms with Gasteiger partial charge in [-0.3, -0.25) is 15.0 Å². The van der Waals surface area contributed by atoms with Crippen molar-refractivity contribution < 1.29 is 9.59 Å². The molecule has 1 aliphatic heterocycles. The van der Waals surface area contributed by atoms with Crippen molar-refractivity contribution in [1.82, 2.24) is 25.7 Å². The first-order chi connectivity index (χ1) is 16.9. The number of rotatable bonds is 8. The van der Waals surface area contributed by atoms with Crippen molar-refractivity contribution in [2.45, 2.75) is 44.3 Å². The Morgan fingerprint density at radius 1 is 1.23 bits per heavy atom. The van der Waals surface area contributed by atoms with E-state index in [1.54, 1.807) is 25.3 Å². The number of nitrogens with two attached hydrogens (primary N) is 1. The van der Waals surface area contributed by atoms with Crippen LogP contribution in [0.1, 0.15) is 42.4 Å². The van der Waals surface area contributed by atoms with Crippen LogP contribution in [0.15, 0.2) is 67.0 Å². The lowest BCUT2D eigenvalue weighted by molar-refractivity contribution is -0.130. The number of benzene rings is 2. The van der Waals surface area contributed by atoms with Gasteiger partial charge < -0.3 is 21.7 Å². The van der Waals surface area contributed by atoms with Crippen LogP contribution in [0.2, 0.25) is 0 Å². The Morgan fingerprint density at radius 2 is 2.03 bits per heavy atom. The predicted molar refractivity (Wildman–Crippen MR) is 134 cm³/mol.